The van der Waals surface area contributed by atoms with Crippen molar-refractivity contribution in [1.29, 1.82) is 0 Å². The molecule has 1 aromatic heterocycles. The first-order chi connectivity index (χ1) is 9.35. The molecule has 6 heteroatoms. The summed E-state index contributed by atoms with van der Waals surface area (Å²) in [5.41, 5.74) is 0.363. The lowest BCUT2D eigenvalue weighted by atomic mass is 10.00. The highest BCUT2D eigenvalue weighted by atomic mass is 127. The predicted octanol–water partition coefficient (Wildman–Crippen LogP) is 2.93. The maximum absolute atomic E-state index is 10.5. The van der Waals surface area contributed by atoms with Gasteiger partial charge < -0.3 is 15.7 Å². The third-order valence-corrected chi connectivity index (χ3v) is 4.54. The van der Waals surface area contributed by atoms with Crippen LogP contribution in [0.15, 0.2) is 21.8 Å². The quantitative estimate of drug-likeness (QED) is 0.388. The zero-order valence-corrected chi connectivity index (χ0v) is 16.3. The van der Waals surface area contributed by atoms with E-state index in [1.807, 2.05) is 30.7 Å². The van der Waals surface area contributed by atoms with E-state index in [0.29, 0.717) is 18.0 Å². The maximum atomic E-state index is 10.5. The van der Waals surface area contributed by atoms with E-state index in [2.05, 4.69) is 29.5 Å². The summed E-state index contributed by atoms with van der Waals surface area (Å²) >= 11 is 1.59. The second-order valence-corrected chi connectivity index (χ2v) is 7.15. The number of thiophene rings is 1. The van der Waals surface area contributed by atoms with Crippen LogP contribution in [0.4, 0.5) is 0 Å². The smallest absolute Gasteiger partial charge is 0.191 e. The Kier molecular flexibility index (Phi) is 6.49. The summed E-state index contributed by atoms with van der Waals surface area (Å²) in [7, 11) is 0. The molecule has 3 N–H and O–H groups in total. The highest BCUT2D eigenvalue weighted by Gasteiger charge is 2.46. The van der Waals surface area contributed by atoms with Gasteiger partial charge in [-0.25, -0.2) is 4.99 Å². The van der Waals surface area contributed by atoms with E-state index < -0.39 is 5.60 Å². The van der Waals surface area contributed by atoms with E-state index in [-0.39, 0.29) is 24.0 Å². The molecular weight excluding hydrogens is 397 g/mol. The summed E-state index contributed by atoms with van der Waals surface area (Å²) in [6.07, 6.45) is 1.17. The zero-order valence-electron chi connectivity index (χ0n) is 13.1. The van der Waals surface area contributed by atoms with Gasteiger partial charge in [0.1, 0.15) is 5.60 Å². The van der Waals surface area contributed by atoms with Crippen LogP contribution in [0.25, 0.3) is 0 Å². The number of aliphatic imine (C=N–C) groups is 1. The van der Waals surface area contributed by atoms with Crippen LogP contribution >= 0.6 is 35.3 Å². The van der Waals surface area contributed by atoms with Crippen LogP contribution < -0.4 is 10.6 Å². The molecule has 1 aromatic rings. The van der Waals surface area contributed by atoms with E-state index in [1.54, 1.807) is 11.3 Å². The van der Waals surface area contributed by atoms with Crippen molar-refractivity contribution in [1.82, 2.24) is 10.6 Å². The number of nitrogens with one attached hydrogen (secondary N) is 2. The summed E-state index contributed by atoms with van der Waals surface area (Å²) in [6.45, 7) is 9.52. The third kappa shape index (κ3) is 5.10. The molecule has 2 unspecified atom stereocenters. The van der Waals surface area contributed by atoms with Gasteiger partial charge in [0, 0.05) is 12.6 Å². The van der Waals surface area contributed by atoms with Gasteiger partial charge in [-0.05, 0) is 48.1 Å². The first kappa shape index (κ1) is 18.7. The van der Waals surface area contributed by atoms with Crippen LogP contribution in [0, 0.1) is 5.41 Å². The zero-order chi connectivity index (χ0) is 14.8. The Hall–Kier alpha value is -0.340. The van der Waals surface area contributed by atoms with E-state index in [9.17, 15) is 5.11 Å². The molecule has 120 valence electrons. The molecule has 1 aliphatic carbocycles. The minimum atomic E-state index is -0.915. The number of guanidine groups is 1. The maximum Gasteiger partial charge on any atom is 0.191 e. The molecule has 1 fully saturated rings. The highest BCUT2D eigenvalue weighted by Crippen LogP contribution is 2.44. The number of aliphatic hydroxyl groups is 1. The first-order valence-electron chi connectivity index (χ1n) is 7.15. The Morgan fingerprint density at radius 1 is 1.57 bits per heavy atom. The van der Waals surface area contributed by atoms with Gasteiger partial charge in [-0.3, -0.25) is 0 Å². The molecule has 1 heterocycles. The summed E-state index contributed by atoms with van der Waals surface area (Å²) in [5.74, 6) is 0.790. The van der Waals surface area contributed by atoms with Crippen molar-refractivity contribution in [2.75, 3.05) is 13.1 Å². The van der Waals surface area contributed by atoms with Crippen molar-refractivity contribution < 1.29 is 5.11 Å². The lowest BCUT2D eigenvalue weighted by molar-refractivity contribution is 0.0677. The minimum absolute atomic E-state index is 0. The van der Waals surface area contributed by atoms with Crippen LogP contribution in [0.5, 0.6) is 0 Å². The Morgan fingerprint density at radius 2 is 2.24 bits per heavy atom. The van der Waals surface area contributed by atoms with Crippen LogP contribution in [0.1, 0.15) is 39.7 Å². The molecule has 1 saturated carbocycles. The monoisotopic (exact) mass is 423 g/mol. The minimum Gasteiger partial charge on any atom is -0.383 e. The Balaban J connectivity index is 0.00000220. The van der Waals surface area contributed by atoms with Gasteiger partial charge in [-0.1, -0.05) is 13.8 Å². The summed E-state index contributed by atoms with van der Waals surface area (Å²) in [5, 5.41) is 21.1. The lowest BCUT2D eigenvalue weighted by Gasteiger charge is -2.21. The van der Waals surface area contributed by atoms with Gasteiger partial charge in [0.05, 0.1) is 6.54 Å². The van der Waals surface area contributed by atoms with Gasteiger partial charge in [0.15, 0.2) is 5.96 Å². The number of rotatable bonds is 5. The largest absolute Gasteiger partial charge is 0.383 e. The van der Waals surface area contributed by atoms with Crippen LogP contribution in [0.2, 0.25) is 0 Å². The fourth-order valence-corrected chi connectivity index (χ4v) is 2.88. The molecule has 0 radical (unpaired) electrons. The molecule has 2 atom stereocenters. The molecule has 1 aliphatic rings. The van der Waals surface area contributed by atoms with Crippen molar-refractivity contribution in [2.24, 2.45) is 10.4 Å². The van der Waals surface area contributed by atoms with E-state index >= 15 is 0 Å². The van der Waals surface area contributed by atoms with Crippen molar-refractivity contribution >= 4 is 41.3 Å². The number of hydrogen-bond acceptors (Lipinski definition) is 3. The molecule has 0 aromatic carbocycles. The fraction of sp³-hybridized carbons (Fsp3) is 0.667. The van der Waals surface area contributed by atoms with Crippen molar-refractivity contribution in [3.05, 3.63) is 22.4 Å². The Labute approximate surface area is 148 Å². The summed E-state index contributed by atoms with van der Waals surface area (Å²) in [6, 6.07) is 2.43. The first-order valence-corrected chi connectivity index (χ1v) is 8.09. The average Bonchev–Trinajstić information content (AvgIpc) is 2.84. The molecule has 0 saturated heterocycles. The van der Waals surface area contributed by atoms with Gasteiger partial charge >= 0.3 is 0 Å². The van der Waals surface area contributed by atoms with Gasteiger partial charge in [0.25, 0.3) is 0 Å². The average molecular weight is 423 g/mol. The number of halogens is 1. The van der Waals surface area contributed by atoms with Crippen LogP contribution in [-0.4, -0.2) is 30.2 Å². The normalized spacial score (nSPS) is 22.9. The van der Waals surface area contributed by atoms with E-state index in [4.69, 9.17) is 0 Å². The van der Waals surface area contributed by atoms with Crippen molar-refractivity contribution in [3.63, 3.8) is 0 Å². The SMILES string of the molecule is CCNC(=NCC(C)(O)c1ccsc1)NC1CC1(C)C.I. The Morgan fingerprint density at radius 3 is 2.71 bits per heavy atom. The second-order valence-electron chi connectivity index (χ2n) is 6.37. The molecule has 21 heavy (non-hydrogen) atoms. The summed E-state index contributed by atoms with van der Waals surface area (Å²) in [4.78, 5) is 4.54. The van der Waals surface area contributed by atoms with Crippen molar-refractivity contribution in [3.8, 4) is 0 Å². The fourth-order valence-electron chi connectivity index (χ4n) is 2.09. The molecule has 0 spiro atoms. The second kappa shape index (κ2) is 7.28. The molecule has 0 aliphatic heterocycles. The van der Waals surface area contributed by atoms with Gasteiger partial charge in [-0.15, -0.1) is 24.0 Å². The molecule has 0 amide bonds. The lowest BCUT2D eigenvalue weighted by Crippen LogP contribution is -2.41. The standard InChI is InChI=1S/C15H25N3OS.HI/c1-5-16-13(18-12-8-14(12,2)3)17-10-15(4,19)11-6-7-20-9-11;/h6-7,9,12,19H,5,8,10H2,1-4H3,(H2,16,17,18);1H. The van der Waals surface area contributed by atoms with Gasteiger partial charge in [0.2, 0.25) is 0 Å². The molecule has 0 bridgehead atoms. The number of hydrogen-bond donors (Lipinski definition) is 3. The molecule has 4 nitrogen and oxygen atoms in total. The van der Waals surface area contributed by atoms with E-state index in [1.165, 1.54) is 6.42 Å². The van der Waals surface area contributed by atoms with E-state index in [0.717, 1.165) is 18.1 Å². The Bertz CT molecular complexity index is 471. The topological polar surface area (TPSA) is 56.7 Å². The van der Waals surface area contributed by atoms with Crippen molar-refractivity contribution in [2.45, 2.75) is 45.8 Å². The highest BCUT2D eigenvalue weighted by molar-refractivity contribution is 14.0. The summed E-state index contributed by atoms with van der Waals surface area (Å²) < 4.78 is 0. The predicted molar refractivity (Wildman–Crippen MR) is 101 cm³/mol. The third-order valence-electron chi connectivity index (χ3n) is 3.86. The number of nitrogens with zero attached hydrogens (tertiary/aromatic N) is 1. The molecular formula is C15H26IN3OS. The van der Waals surface area contributed by atoms with Gasteiger partial charge in [-0.2, -0.15) is 11.3 Å². The van der Waals surface area contributed by atoms with Crippen LogP contribution in [0.3, 0.4) is 0 Å². The van der Waals surface area contributed by atoms with Crippen LogP contribution in [-0.2, 0) is 5.60 Å². The molecule has 2 rings (SSSR count).